The summed E-state index contributed by atoms with van der Waals surface area (Å²) in [6, 6.07) is 8.06. The molecule has 0 bridgehead atoms. The summed E-state index contributed by atoms with van der Waals surface area (Å²) >= 11 is 0. The maximum Gasteiger partial charge on any atom is 0.241 e. The van der Waals surface area contributed by atoms with Gasteiger partial charge in [-0.25, -0.2) is 0 Å². The highest BCUT2D eigenvalue weighted by Crippen LogP contribution is 2.20. The smallest absolute Gasteiger partial charge is 0.241 e. The Kier molecular flexibility index (Phi) is 4.95. The molecule has 22 heavy (non-hydrogen) atoms. The highest BCUT2D eigenvalue weighted by atomic mass is 16.5. The fraction of sp³-hybridized carbons (Fsp3) is 0.588. The van der Waals surface area contributed by atoms with E-state index in [0.29, 0.717) is 0 Å². The van der Waals surface area contributed by atoms with Gasteiger partial charge in [-0.3, -0.25) is 9.69 Å². The van der Waals surface area contributed by atoms with Crippen LogP contribution in [0.25, 0.3) is 0 Å². The van der Waals surface area contributed by atoms with Crippen LogP contribution in [0.5, 0.6) is 0 Å². The predicted octanol–water partition coefficient (Wildman–Crippen LogP) is 1.95. The third-order valence-corrected chi connectivity index (χ3v) is 4.58. The molecule has 2 aliphatic heterocycles. The maximum absolute atomic E-state index is 12.3. The lowest BCUT2D eigenvalue weighted by Gasteiger charge is -2.29. The van der Waals surface area contributed by atoms with Gasteiger partial charge >= 0.3 is 0 Å². The van der Waals surface area contributed by atoms with Crippen LogP contribution in [0.4, 0.5) is 11.4 Å². The Hall–Kier alpha value is -1.59. The molecule has 3 rings (SSSR count). The molecule has 0 aliphatic carbocycles. The second-order valence-electron chi connectivity index (χ2n) is 6.05. The van der Waals surface area contributed by atoms with E-state index in [4.69, 9.17) is 4.74 Å². The third kappa shape index (κ3) is 3.59. The zero-order valence-electron chi connectivity index (χ0n) is 13.3. The molecule has 5 nitrogen and oxygen atoms in total. The second kappa shape index (κ2) is 7.11. The van der Waals surface area contributed by atoms with Crippen LogP contribution in [0.1, 0.15) is 19.8 Å². The fourth-order valence-electron chi connectivity index (χ4n) is 3.12. The molecule has 2 aliphatic rings. The van der Waals surface area contributed by atoms with Crippen molar-refractivity contribution in [3.05, 3.63) is 24.3 Å². The lowest BCUT2D eigenvalue weighted by atomic mass is 10.2. The van der Waals surface area contributed by atoms with Gasteiger partial charge in [-0.15, -0.1) is 0 Å². The lowest BCUT2D eigenvalue weighted by Crippen LogP contribution is -2.40. The van der Waals surface area contributed by atoms with E-state index in [1.54, 1.807) is 0 Å². The first-order valence-electron chi connectivity index (χ1n) is 8.22. The summed E-state index contributed by atoms with van der Waals surface area (Å²) in [5.41, 5.74) is 2.06. The molecule has 0 saturated carbocycles. The van der Waals surface area contributed by atoms with E-state index in [9.17, 15) is 4.79 Å². The van der Waals surface area contributed by atoms with Crippen LogP contribution >= 0.6 is 0 Å². The van der Waals surface area contributed by atoms with Gasteiger partial charge in [-0.1, -0.05) is 0 Å². The molecule has 1 aromatic rings. The van der Waals surface area contributed by atoms with Crippen LogP contribution < -0.4 is 10.2 Å². The van der Waals surface area contributed by atoms with Crippen molar-refractivity contribution in [1.29, 1.82) is 0 Å². The number of nitrogens with zero attached hydrogens (tertiary/aromatic N) is 2. The van der Waals surface area contributed by atoms with Gasteiger partial charge in [0.25, 0.3) is 0 Å². The van der Waals surface area contributed by atoms with Crippen LogP contribution in [0.15, 0.2) is 24.3 Å². The summed E-state index contributed by atoms with van der Waals surface area (Å²) in [5, 5.41) is 3.02. The Morgan fingerprint density at radius 1 is 1.09 bits per heavy atom. The molecule has 1 N–H and O–H groups in total. The molecule has 0 aromatic heterocycles. The monoisotopic (exact) mass is 303 g/mol. The van der Waals surface area contributed by atoms with E-state index in [1.165, 1.54) is 18.5 Å². The Morgan fingerprint density at radius 3 is 2.36 bits per heavy atom. The molecule has 120 valence electrons. The number of likely N-dealkylation sites (tertiary alicyclic amines) is 1. The van der Waals surface area contributed by atoms with E-state index in [1.807, 2.05) is 19.1 Å². The summed E-state index contributed by atoms with van der Waals surface area (Å²) in [6.07, 6.45) is 2.40. The van der Waals surface area contributed by atoms with Gasteiger partial charge in [0.1, 0.15) is 0 Å². The third-order valence-electron chi connectivity index (χ3n) is 4.58. The average Bonchev–Trinajstić information content (AvgIpc) is 3.10. The van der Waals surface area contributed by atoms with Crippen molar-refractivity contribution >= 4 is 17.3 Å². The predicted molar refractivity (Wildman–Crippen MR) is 88.4 cm³/mol. The summed E-state index contributed by atoms with van der Waals surface area (Å²) in [6.45, 7) is 7.48. The molecular weight excluding hydrogens is 278 g/mol. The number of hydrogen-bond acceptors (Lipinski definition) is 4. The summed E-state index contributed by atoms with van der Waals surface area (Å²) in [5.74, 6) is 0.0843. The molecule has 5 heteroatoms. The van der Waals surface area contributed by atoms with Gasteiger partial charge < -0.3 is 15.0 Å². The van der Waals surface area contributed by atoms with Crippen LogP contribution in [0, 0.1) is 0 Å². The number of anilines is 2. The first-order valence-corrected chi connectivity index (χ1v) is 8.22. The van der Waals surface area contributed by atoms with Crippen LogP contribution in [-0.2, 0) is 9.53 Å². The van der Waals surface area contributed by atoms with Gasteiger partial charge in [0, 0.05) is 24.5 Å². The van der Waals surface area contributed by atoms with Crippen LogP contribution in [0.3, 0.4) is 0 Å². The van der Waals surface area contributed by atoms with Gasteiger partial charge in [0.2, 0.25) is 5.91 Å². The van der Waals surface area contributed by atoms with E-state index in [2.05, 4.69) is 27.2 Å². The molecule has 0 radical (unpaired) electrons. The molecule has 1 amide bonds. The number of nitrogens with one attached hydrogen (secondary N) is 1. The SMILES string of the molecule is C[C@@H](C(=O)Nc1ccc(N2CCOCC2)cc1)N1CCCC1. The summed E-state index contributed by atoms with van der Waals surface area (Å²) in [4.78, 5) is 16.9. The maximum atomic E-state index is 12.3. The van der Waals surface area contributed by atoms with Crippen molar-refractivity contribution in [2.75, 3.05) is 49.6 Å². The minimum absolute atomic E-state index is 0.0542. The molecule has 1 atom stereocenters. The second-order valence-corrected chi connectivity index (χ2v) is 6.05. The van der Waals surface area contributed by atoms with Crippen LogP contribution in [0.2, 0.25) is 0 Å². The van der Waals surface area contributed by atoms with Gasteiger partial charge in [-0.2, -0.15) is 0 Å². The van der Waals surface area contributed by atoms with Gasteiger partial charge in [0.05, 0.1) is 19.3 Å². The van der Waals surface area contributed by atoms with Crippen molar-refractivity contribution in [2.24, 2.45) is 0 Å². The van der Waals surface area contributed by atoms with Crippen molar-refractivity contribution in [3.63, 3.8) is 0 Å². The fourth-order valence-corrected chi connectivity index (χ4v) is 3.12. The van der Waals surface area contributed by atoms with Crippen molar-refractivity contribution in [3.8, 4) is 0 Å². The number of benzene rings is 1. The molecule has 0 spiro atoms. The number of rotatable bonds is 4. The highest BCUT2D eigenvalue weighted by molar-refractivity contribution is 5.94. The Bertz CT molecular complexity index is 491. The summed E-state index contributed by atoms with van der Waals surface area (Å²) < 4.78 is 5.37. The van der Waals surface area contributed by atoms with Gasteiger partial charge in [0.15, 0.2) is 0 Å². The highest BCUT2D eigenvalue weighted by Gasteiger charge is 2.23. The zero-order chi connectivity index (χ0) is 15.4. The Balaban J connectivity index is 1.57. The molecular formula is C17H25N3O2. The molecule has 2 heterocycles. The largest absolute Gasteiger partial charge is 0.378 e. The number of amides is 1. The number of carbonyl (C=O) groups excluding carboxylic acids is 1. The average molecular weight is 303 g/mol. The minimum Gasteiger partial charge on any atom is -0.378 e. The van der Waals surface area contributed by atoms with Crippen LogP contribution in [-0.4, -0.2) is 56.2 Å². The molecule has 2 saturated heterocycles. The normalized spacial score (nSPS) is 20.9. The van der Waals surface area contributed by atoms with Gasteiger partial charge in [-0.05, 0) is 57.1 Å². The Labute approximate surface area is 132 Å². The molecule has 2 fully saturated rings. The topological polar surface area (TPSA) is 44.8 Å². The first-order chi connectivity index (χ1) is 10.7. The van der Waals surface area contributed by atoms with Crippen molar-refractivity contribution in [1.82, 2.24) is 4.90 Å². The summed E-state index contributed by atoms with van der Waals surface area (Å²) in [7, 11) is 0. The van der Waals surface area contributed by atoms with E-state index in [0.717, 1.165) is 45.1 Å². The first kappa shape index (κ1) is 15.3. The van der Waals surface area contributed by atoms with E-state index < -0.39 is 0 Å². The molecule has 0 unspecified atom stereocenters. The number of carbonyl (C=O) groups is 1. The lowest BCUT2D eigenvalue weighted by molar-refractivity contribution is -0.120. The van der Waals surface area contributed by atoms with Crippen molar-refractivity contribution in [2.45, 2.75) is 25.8 Å². The van der Waals surface area contributed by atoms with Crippen molar-refractivity contribution < 1.29 is 9.53 Å². The van der Waals surface area contributed by atoms with E-state index >= 15 is 0 Å². The number of ether oxygens (including phenoxy) is 1. The van der Waals surface area contributed by atoms with E-state index in [-0.39, 0.29) is 11.9 Å². The number of hydrogen-bond donors (Lipinski definition) is 1. The quantitative estimate of drug-likeness (QED) is 0.923. The molecule has 1 aromatic carbocycles. The Morgan fingerprint density at radius 2 is 1.73 bits per heavy atom. The number of morpholine rings is 1. The standard InChI is InChI=1S/C17H25N3O2/c1-14(19-8-2-3-9-19)17(21)18-15-4-6-16(7-5-15)20-10-12-22-13-11-20/h4-7,14H,2-3,8-13H2,1H3,(H,18,21)/t14-/m0/s1. The minimum atomic E-state index is -0.0542. The zero-order valence-corrected chi connectivity index (χ0v) is 13.3.